The normalized spacial score (nSPS) is 25.3. The van der Waals surface area contributed by atoms with Crippen LogP contribution in [0.1, 0.15) is 105 Å². The fraction of sp³-hybridized carbons (Fsp3) is 0.677. The van der Waals surface area contributed by atoms with E-state index in [1.165, 1.54) is 77.0 Å². The maximum Gasteiger partial charge on any atom is 0.522 e. The molecule has 0 aromatic heterocycles. The van der Waals surface area contributed by atoms with Crippen LogP contribution in [0.4, 0.5) is 13.2 Å². The van der Waals surface area contributed by atoms with E-state index >= 15 is 0 Å². The van der Waals surface area contributed by atoms with E-state index in [1.807, 2.05) is 10.6 Å². The van der Waals surface area contributed by atoms with Crippen molar-refractivity contribution in [1.82, 2.24) is 0 Å². The Bertz CT molecular complexity index is 952. The number of halogens is 3. The van der Waals surface area contributed by atoms with E-state index in [0.717, 1.165) is 22.6 Å². The van der Waals surface area contributed by atoms with Crippen LogP contribution in [-0.4, -0.2) is 41.1 Å². The van der Waals surface area contributed by atoms with Gasteiger partial charge in [0.1, 0.15) is 0 Å². The maximum atomic E-state index is 10.7. The number of alkyl halides is 3. The second kappa shape index (κ2) is 19.3. The molecule has 1 aromatic rings. The molecule has 237 valence electrons. The fourth-order valence-corrected chi connectivity index (χ4v) is 14.0. The minimum atomic E-state index is -5.84. The van der Waals surface area contributed by atoms with Crippen molar-refractivity contribution in [3.8, 4) is 0 Å². The van der Waals surface area contributed by atoms with Crippen LogP contribution in [-0.2, 0) is 29.6 Å². The summed E-state index contributed by atoms with van der Waals surface area (Å²) < 4.78 is 57.5. The molecule has 1 N–H and O–H groups in total. The van der Waals surface area contributed by atoms with Gasteiger partial charge in [-0.05, 0) is 110 Å². The van der Waals surface area contributed by atoms with E-state index < -0.39 is 15.6 Å². The Hall–Kier alpha value is -0.117. The first-order valence-corrected chi connectivity index (χ1v) is 19.4. The molecule has 0 bridgehead atoms. The van der Waals surface area contributed by atoms with Crippen LogP contribution in [0.2, 0.25) is 0 Å². The zero-order chi connectivity index (χ0) is 29.8. The van der Waals surface area contributed by atoms with Crippen molar-refractivity contribution in [3.63, 3.8) is 0 Å². The minimum absolute atomic E-state index is 0. The molecule has 1 aromatic carbocycles. The van der Waals surface area contributed by atoms with E-state index in [1.54, 1.807) is 0 Å². The maximum absolute atomic E-state index is 10.7. The summed E-state index contributed by atoms with van der Waals surface area (Å²) in [6, 6.07) is 9.79. The molecule has 2 fully saturated rings. The Morgan fingerprint density at radius 3 is 1.12 bits per heavy atom. The summed E-state index contributed by atoms with van der Waals surface area (Å²) in [5.41, 5.74) is -1.58. The largest absolute Gasteiger partial charge is 0.522 e. The smallest absolute Gasteiger partial charge is 0.279 e. The number of benzene rings is 1. The molecule has 2 heterocycles. The van der Waals surface area contributed by atoms with E-state index in [9.17, 15) is 13.2 Å². The van der Waals surface area contributed by atoms with Gasteiger partial charge in [0.05, 0.1) is 0 Å². The molecule has 1 aliphatic carbocycles. The molecule has 1 radical (unpaired) electrons. The Morgan fingerprint density at radius 1 is 0.683 bits per heavy atom. The molecule has 3 nitrogen and oxygen atoms in total. The van der Waals surface area contributed by atoms with Crippen molar-refractivity contribution in [2.45, 2.75) is 133 Å². The second-order valence-corrected chi connectivity index (χ2v) is 17.7. The minimum Gasteiger partial charge on any atom is -0.279 e. The Morgan fingerprint density at radius 2 is 0.927 bits per heavy atom. The second-order valence-electron chi connectivity index (χ2n) is 10.7. The molecule has 10 heteroatoms. The quantitative estimate of drug-likeness (QED) is 0.105. The number of rotatable bonds is 6. The van der Waals surface area contributed by atoms with Crippen molar-refractivity contribution >= 4 is 36.6 Å². The van der Waals surface area contributed by atoms with Crippen LogP contribution in [0.15, 0.2) is 48.6 Å². The van der Waals surface area contributed by atoms with Crippen molar-refractivity contribution in [2.24, 2.45) is 0 Å². The van der Waals surface area contributed by atoms with Gasteiger partial charge in [-0.25, -0.2) is 0 Å². The van der Waals surface area contributed by atoms with E-state index in [2.05, 4.69) is 76.3 Å². The van der Waals surface area contributed by atoms with Gasteiger partial charge in [-0.3, -0.25) is 4.55 Å². The summed E-state index contributed by atoms with van der Waals surface area (Å²) >= 11 is 0. The van der Waals surface area contributed by atoms with Gasteiger partial charge < -0.3 is 0 Å². The summed E-state index contributed by atoms with van der Waals surface area (Å²) in [5, 5.41) is 3.68. The van der Waals surface area contributed by atoms with E-state index in [-0.39, 0.29) is 35.3 Å². The zero-order valence-corrected chi connectivity index (χ0v) is 29.2. The molecule has 41 heavy (non-hydrogen) atoms. The molecular formula is C31H49F3O3P2RhS. The van der Waals surface area contributed by atoms with Crippen molar-refractivity contribution in [1.29, 1.82) is 0 Å². The number of hydrogen-bond acceptors (Lipinski definition) is 2. The summed E-state index contributed by atoms with van der Waals surface area (Å²) in [6.07, 6.45) is 25.5. The Kier molecular flexibility index (Phi) is 18.3. The number of hydrogen-bond donors (Lipinski definition) is 1. The third-order valence-corrected chi connectivity index (χ3v) is 16.5. The van der Waals surface area contributed by atoms with Crippen LogP contribution in [0.3, 0.4) is 0 Å². The van der Waals surface area contributed by atoms with Crippen LogP contribution in [0, 0.1) is 0 Å². The van der Waals surface area contributed by atoms with Crippen molar-refractivity contribution < 1.29 is 45.6 Å². The molecule has 0 unspecified atom stereocenters. The monoisotopic (exact) mass is 723 g/mol. The molecule has 2 saturated heterocycles. The molecule has 0 amide bonds. The Labute approximate surface area is 262 Å². The average Bonchev–Trinajstić information content (AvgIpc) is 3.51. The van der Waals surface area contributed by atoms with Crippen molar-refractivity contribution in [3.05, 3.63) is 48.6 Å². The van der Waals surface area contributed by atoms with Gasteiger partial charge in [0.15, 0.2) is 0 Å². The topological polar surface area (TPSA) is 54.4 Å². The number of allylic oxidation sites excluding steroid dienone is 4. The molecular weight excluding hydrogens is 674 g/mol. The zero-order valence-electron chi connectivity index (χ0n) is 24.9. The first-order valence-electron chi connectivity index (χ1n) is 15.0. The predicted octanol–water partition coefficient (Wildman–Crippen LogP) is 9.67. The summed E-state index contributed by atoms with van der Waals surface area (Å²) in [4.78, 5) is 0. The summed E-state index contributed by atoms with van der Waals surface area (Å²) in [5.74, 6) is 0. The molecule has 3 aliphatic rings. The van der Waals surface area contributed by atoms with Crippen LogP contribution < -0.4 is 10.6 Å². The first-order chi connectivity index (χ1) is 19.0. The molecule has 2 aliphatic heterocycles. The standard InChI is InChI=1S/C22H36P2.C8H12.CHF3O3S.Rh/c1-5-17-13-14-18(6-2)23(17)21-11-9-10-12-22(21)24-19(7-3)15-16-20(24)8-4;1-2-4-6-8-7-5-3-1;2-1(3,4)8(5,6)7;/h9-12,17-20H,5-8,13-16H2,1-4H3;1-2,7-8H,3-6H2;(H,5,6,7);/t17-,18-,19-,20-;;;/m1.../s1. The molecule has 4 rings (SSSR count). The SMILES string of the molecule is C1=CCCC=CCC1.CC[C@@H]1CC[C@@H](CC)P1c1ccccc1P1[C@H](CC)CC[C@H]1CC.O=S(=O)(O)C(F)(F)F.[Rh]. The predicted molar refractivity (Wildman–Crippen MR) is 169 cm³/mol. The fourth-order valence-electron chi connectivity index (χ4n) is 6.07. The molecule has 4 atom stereocenters. The van der Waals surface area contributed by atoms with E-state index in [0.29, 0.717) is 0 Å². The first kappa shape index (κ1) is 38.9. The third-order valence-electron chi connectivity index (χ3n) is 8.19. The third kappa shape index (κ3) is 11.7. The van der Waals surface area contributed by atoms with Gasteiger partial charge in [-0.1, -0.05) is 92.1 Å². The van der Waals surface area contributed by atoms with Gasteiger partial charge in [0.25, 0.3) is 0 Å². The van der Waals surface area contributed by atoms with Crippen LogP contribution >= 0.6 is 15.8 Å². The van der Waals surface area contributed by atoms with Crippen molar-refractivity contribution in [2.75, 3.05) is 0 Å². The Balaban J connectivity index is 0.000000407. The van der Waals surface area contributed by atoms with E-state index in [4.69, 9.17) is 13.0 Å². The summed E-state index contributed by atoms with van der Waals surface area (Å²) in [6.45, 7) is 9.74. The van der Waals surface area contributed by atoms with Crippen LogP contribution in [0.25, 0.3) is 0 Å². The molecule has 0 saturated carbocycles. The van der Waals surface area contributed by atoms with Crippen LogP contribution in [0.5, 0.6) is 0 Å². The average molecular weight is 724 g/mol. The molecule has 0 spiro atoms. The van der Waals surface area contributed by atoms with Gasteiger partial charge in [0, 0.05) is 19.5 Å². The van der Waals surface area contributed by atoms with Gasteiger partial charge in [0.2, 0.25) is 0 Å². The van der Waals surface area contributed by atoms with Gasteiger partial charge in [-0.15, -0.1) is 0 Å². The summed E-state index contributed by atoms with van der Waals surface area (Å²) in [7, 11) is -5.71. The van der Waals surface area contributed by atoms with Gasteiger partial charge >= 0.3 is 15.6 Å². The van der Waals surface area contributed by atoms with Gasteiger partial charge in [-0.2, -0.15) is 21.6 Å².